The molecular formula is C18H17ClN2OS. The fourth-order valence-corrected chi connectivity index (χ4v) is 4.17. The highest BCUT2D eigenvalue weighted by atomic mass is 35.5. The van der Waals surface area contributed by atoms with Gasteiger partial charge in [-0.2, -0.15) is 0 Å². The SMILES string of the molecule is Cc1cccc(N2C(=S)NC3CC2(C)Oc2c(Cl)cccc23)c1. The van der Waals surface area contributed by atoms with Gasteiger partial charge in [0.25, 0.3) is 0 Å². The van der Waals surface area contributed by atoms with Crippen molar-refractivity contribution in [2.45, 2.75) is 32.0 Å². The van der Waals surface area contributed by atoms with Crippen LogP contribution in [0.3, 0.4) is 0 Å². The molecule has 5 heteroatoms. The standard InChI is InChI=1S/C18H17ClN2OS/c1-11-5-3-6-12(9-11)21-17(23)20-15-10-18(21,2)22-16-13(15)7-4-8-14(16)19/h3-9,15H,10H2,1-2H3,(H,20,23). The molecule has 1 fully saturated rings. The molecule has 2 heterocycles. The Morgan fingerprint density at radius 1 is 1.30 bits per heavy atom. The highest BCUT2D eigenvalue weighted by molar-refractivity contribution is 7.80. The lowest BCUT2D eigenvalue weighted by molar-refractivity contribution is 0.0499. The summed E-state index contributed by atoms with van der Waals surface area (Å²) in [6, 6.07) is 14.3. The van der Waals surface area contributed by atoms with E-state index in [4.69, 9.17) is 28.6 Å². The molecule has 2 bridgehead atoms. The quantitative estimate of drug-likeness (QED) is 0.765. The van der Waals surface area contributed by atoms with Crippen molar-refractivity contribution < 1.29 is 4.74 Å². The number of hydrogen-bond donors (Lipinski definition) is 1. The van der Waals surface area contributed by atoms with Gasteiger partial charge in [0.15, 0.2) is 10.8 Å². The highest BCUT2D eigenvalue weighted by Crippen LogP contribution is 2.48. The average Bonchev–Trinajstić information content (AvgIpc) is 2.48. The molecule has 0 aliphatic carbocycles. The maximum atomic E-state index is 6.37. The first kappa shape index (κ1) is 14.8. The fourth-order valence-electron chi connectivity index (χ4n) is 3.51. The molecule has 2 atom stereocenters. The number of nitrogens with one attached hydrogen (secondary N) is 1. The Morgan fingerprint density at radius 3 is 2.87 bits per heavy atom. The van der Waals surface area contributed by atoms with E-state index in [0.717, 1.165) is 23.4 Å². The van der Waals surface area contributed by atoms with Crippen LogP contribution in [0.1, 0.15) is 30.5 Å². The molecule has 0 saturated carbocycles. The van der Waals surface area contributed by atoms with Gasteiger partial charge in [0.2, 0.25) is 0 Å². The smallest absolute Gasteiger partial charge is 0.188 e. The third-order valence-corrected chi connectivity index (χ3v) is 5.11. The lowest BCUT2D eigenvalue weighted by Crippen LogP contribution is -2.65. The van der Waals surface area contributed by atoms with Gasteiger partial charge in [0.05, 0.1) is 11.1 Å². The zero-order valence-electron chi connectivity index (χ0n) is 13.0. The summed E-state index contributed by atoms with van der Waals surface area (Å²) in [6.07, 6.45) is 0.800. The molecule has 2 aromatic rings. The minimum Gasteiger partial charge on any atom is -0.466 e. The van der Waals surface area contributed by atoms with E-state index in [2.05, 4.69) is 42.3 Å². The van der Waals surface area contributed by atoms with E-state index in [1.165, 1.54) is 5.56 Å². The Labute approximate surface area is 146 Å². The zero-order chi connectivity index (χ0) is 16.2. The van der Waals surface area contributed by atoms with Gasteiger partial charge in [-0.25, -0.2) is 0 Å². The van der Waals surface area contributed by atoms with Crippen molar-refractivity contribution in [1.82, 2.24) is 5.32 Å². The van der Waals surface area contributed by atoms with Crippen molar-refractivity contribution in [2.24, 2.45) is 0 Å². The molecular weight excluding hydrogens is 328 g/mol. The summed E-state index contributed by atoms with van der Waals surface area (Å²) in [7, 11) is 0. The van der Waals surface area contributed by atoms with Crippen molar-refractivity contribution >= 4 is 34.6 Å². The molecule has 2 aromatic carbocycles. The number of fused-ring (bicyclic) bond motifs is 4. The maximum Gasteiger partial charge on any atom is 0.188 e. The Kier molecular flexibility index (Phi) is 3.29. The van der Waals surface area contributed by atoms with Crippen molar-refractivity contribution in [3.8, 4) is 5.75 Å². The molecule has 3 nitrogen and oxygen atoms in total. The Balaban J connectivity index is 1.84. The predicted molar refractivity (Wildman–Crippen MR) is 97.2 cm³/mol. The second-order valence-electron chi connectivity index (χ2n) is 6.32. The molecule has 0 radical (unpaired) electrons. The molecule has 2 aliphatic rings. The molecule has 118 valence electrons. The second kappa shape index (κ2) is 5.11. The first-order chi connectivity index (χ1) is 11.0. The van der Waals surface area contributed by atoms with Gasteiger partial charge in [0.1, 0.15) is 5.75 Å². The summed E-state index contributed by atoms with van der Waals surface area (Å²) < 4.78 is 6.36. The van der Waals surface area contributed by atoms with Gasteiger partial charge in [-0.15, -0.1) is 0 Å². The summed E-state index contributed by atoms with van der Waals surface area (Å²) in [6.45, 7) is 4.14. The van der Waals surface area contributed by atoms with Crippen LogP contribution in [0.25, 0.3) is 0 Å². The number of para-hydroxylation sites is 1. The van der Waals surface area contributed by atoms with Crippen molar-refractivity contribution in [2.75, 3.05) is 4.90 Å². The normalized spacial score (nSPS) is 25.4. The number of nitrogens with zero attached hydrogens (tertiary/aromatic N) is 1. The first-order valence-electron chi connectivity index (χ1n) is 7.63. The number of rotatable bonds is 1. The zero-order valence-corrected chi connectivity index (χ0v) is 14.5. The van der Waals surface area contributed by atoms with Crippen molar-refractivity contribution in [3.63, 3.8) is 0 Å². The summed E-state index contributed by atoms with van der Waals surface area (Å²) in [5.74, 6) is 0.751. The van der Waals surface area contributed by atoms with Gasteiger partial charge in [-0.1, -0.05) is 35.9 Å². The van der Waals surface area contributed by atoms with Gasteiger partial charge < -0.3 is 10.1 Å². The summed E-state index contributed by atoms with van der Waals surface area (Å²) in [5.41, 5.74) is 2.73. The minimum atomic E-state index is -0.557. The monoisotopic (exact) mass is 344 g/mol. The molecule has 0 amide bonds. The van der Waals surface area contributed by atoms with E-state index in [1.807, 2.05) is 24.3 Å². The Bertz CT molecular complexity index is 809. The fraction of sp³-hybridized carbons (Fsp3) is 0.278. The average molecular weight is 345 g/mol. The third-order valence-electron chi connectivity index (χ3n) is 4.51. The number of anilines is 1. The second-order valence-corrected chi connectivity index (χ2v) is 7.11. The maximum absolute atomic E-state index is 6.37. The first-order valence-corrected chi connectivity index (χ1v) is 8.41. The van der Waals surface area contributed by atoms with Crippen LogP contribution in [0.15, 0.2) is 42.5 Å². The van der Waals surface area contributed by atoms with E-state index >= 15 is 0 Å². The van der Waals surface area contributed by atoms with E-state index in [1.54, 1.807) is 0 Å². The number of halogens is 1. The van der Waals surface area contributed by atoms with Gasteiger partial charge in [0, 0.05) is 17.7 Å². The van der Waals surface area contributed by atoms with Gasteiger partial charge >= 0.3 is 0 Å². The third kappa shape index (κ3) is 2.28. The van der Waals surface area contributed by atoms with Crippen LogP contribution < -0.4 is 15.0 Å². The summed E-state index contributed by atoms with van der Waals surface area (Å²) in [5, 5.41) is 4.76. The van der Waals surface area contributed by atoms with Crippen LogP contribution in [-0.4, -0.2) is 10.8 Å². The summed E-state index contributed by atoms with van der Waals surface area (Å²) in [4.78, 5) is 2.05. The predicted octanol–water partition coefficient (Wildman–Crippen LogP) is 4.58. The molecule has 1 saturated heterocycles. The molecule has 2 aliphatic heterocycles. The minimum absolute atomic E-state index is 0.121. The highest BCUT2D eigenvalue weighted by Gasteiger charge is 2.48. The number of benzene rings is 2. The molecule has 23 heavy (non-hydrogen) atoms. The molecule has 4 rings (SSSR count). The molecule has 0 aromatic heterocycles. The van der Waals surface area contributed by atoms with E-state index in [0.29, 0.717) is 10.1 Å². The van der Waals surface area contributed by atoms with E-state index < -0.39 is 5.72 Å². The largest absolute Gasteiger partial charge is 0.466 e. The Morgan fingerprint density at radius 2 is 2.09 bits per heavy atom. The van der Waals surface area contributed by atoms with Gasteiger partial charge in [-0.3, -0.25) is 4.90 Å². The number of hydrogen-bond acceptors (Lipinski definition) is 2. The van der Waals surface area contributed by atoms with Crippen LogP contribution in [0.2, 0.25) is 5.02 Å². The Hall–Kier alpha value is -1.78. The lowest BCUT2D eigenvalue weighted by Gasteiger charge is -2.52. The summed E-state index contributed by atoms with van der Waals surface area (Å²) >= 11 is 12.0. The van der Waals surface area contributed by atoms with Crippen LogP contribution in [0.4, 0.5) is 5.69 Å². The number of ether oxygens (including phenoxy) is 1. The van der Waals surface area contributed by atoms with Crippen molar-refractivity contribution in [3.05, 3.63) is 58.6 Å². The van der Waals surface area contributed by atoms with Crippen LogP contribution in [0, 0.1) is 6.92 Å². The van der Waals surface area contributed by atoms with Gasteiger partial charge in [-0.05, 0) is 49.8 Å². The van der Waals surface area contributed by atoms with E-state index in [-0.39, 0.29) is 6.04 Å². The van der Waals surface area contributed by atoms with E-state index in [9.17, 15) is 0 Å². The number of thiocarbonyl (C=S) groups is 1. The van der Waals surface area contributed by atoms with Crippen LogP contribution in [0.5, 0.6) is 5.75 Å². The molecule has 1 N–H and O–H groups in total. The topological polar surface area (TPSA) is 24.5 Å². The molecule has 0 spiro atoms. The van der Waals surface area contributed by atoms with Crippen LogP contribution >= 0.6 is 23.8 Å². The van der Waals surface area contributed by atoms with Crippen LogP contribution in [-0.2, 0) is 0 Å². The number of aryl methyl sites for hydroxylation is 1. The van der Waals surface area contributed by atoms with Crippen molar-refractivity contribution in [1.29, 1.82) is 0 Å². The lowest BCUT2D eigenvalue weighted by atomic mass is 9.90. The molecule has 2 unspecified atom stereocenters.